The van der Waals surface area contributed by atoms with Crippen LogP contribution in [0.3, 0.4) is 0 Å². The SMILES string of the molecule is Cc1cc(C(=O)N(Cc2ccccc2[N+](=O)[O-])C2CC2)cc(C)c1OCC(=O)O. The van der Waals surface area contributed by atoms with Crippen LogP contribution in [0.25, 0.3) is 0 Å². The van der Waals surface area contributed by atoms with Crippen LogP contribution in [0.15, 0.2) is 36.4 Å². The molecule has 1 fully saturated rings. The Hall–Kier alpha value is -3.42. The van der Waals surface area contributed by atoms with Crippen molar-refractivity contribution >= 4 is 17.6 Å². The summed E-state index contributed by atoms with van der Waals surface area (Å²) in [5, 5.41) is 20.1. The summed E-state index contributed by atoms with van der Waals surface area (Å²) in [6, 6.07) is 9.83. The van der Waals surface area contributed by atoms with Crippen LogP contribution in [0.1, 0.15) is 39.9 Å². The number of hydrogen-bond acceptors (Lipinski definition) is 5. The first-order valence-electron chi connectivity index (χ1n) is 9.27. The molecule has 2 aromatic carbocycles. The second kappa shape index (κ2) is 8.30. The van der Waals surface area contributed by atoms with Crippen molar-refractivity contribution in [2.45, 2.75) is 39.3 Å². The molecule has 152 valence electrons. The third-order valence-corrected chi connectivity index (χ3v) is 4.82. The van der Waals surface area contributed by atoms with Gasteiger partial charge in [0.15, 0.2) is 6.61 Å². The quantitative estimate of drug-likeness (QED) is 0.538. The van der Waals surface area contributed by atoms with E-state index < -0.39 is 17.5 Å². The van der Waals surface area contributed by atoms with E-state index in [0.717, 1.165) is 12.8 Å². The van der Waals surface area contributed by atoms with Gasteiger partial charge in [-0.1, -0.05) is 18.2 Å². The molecule has 1 aliphatic rings. The number of nitro benzene ring substituents is 1. The molecule has 8 heteroatoms. The molecule has 1 amide bonds. The van der Waals surface area contributed by atoms with Gasteiger partial charge in [0.2, 0.25) is 0 Å². The van der Waals surface area contributed by atoms with Gasteiger partial charge < -0.3 is 14.7 Å². The molecule has 0 unspecified atom stereocenters. The maximum atomic E-state index is 13.2. The van der Waals surface area contributed by atoms with E-state index in [4.69, 9.17) is 9.84 Å². The van der Waals surface area contributed by atoms with Gasteiger partial charge in [-0.3, -0.25) is 14.9 Å². The first kappa shape index (κ1) is 20.3. The number of carbonyl (C=O) groups is 2. The summed E-state index contributed by atoms with van der Waals surface area (Å²) in [7, 11) is 0. The van der Waals surface area contributed by atoms with Gasteiger partial charge in [-0.05, 0) is 49.9 Å². The smallest absolute Gasteiger partial charge is 0.341 e. The van der Waals surface area contributed by atoms with E-state index in [1.165, 1.54) is 6.07 Å². The summed E-state index contributed by atoms with van der Waals surface area (Å²) in [4.78, 5) is 36.5. The van der Waals surface area contributed by atoms with E-state index in [2.05, 4.69) is 0 Å². The van der Waals surface area contributed by atoms with Gasteiger partial charge in [0.25, 0.3) is 11.6 Å². The average molecular weight is 398 g/mol. The van der Waals surface area contributed by atoms with Gasteiger partial charge in [0, 0.05) is 23.2 Å². The Morgan fingerprint density at radius 1 is 1.21 bits per heavy atom. The number of aliphatic carboxylic acids is 1. The maximum Gasteiger partial charge on any atom is 0.341 e. The highest BCUT2D eigenvalue weighted by Gasteiger charge is 2.34. The molecule has 8 nitrogen and oxygen atoms in total. The summed E-state index contributed by atoms with van der Waals surface area (Å²) < 4.78 is 5.32. The zero-order valence-electron chi connectivity index (χ0n) is 16.3. The van der Waals surface area contributed by atoms with Gasteiger partial charge in [-0.15, -0.1) is 0 Å². The topological polar surface area (TPSA) is 110 Å². The van der Waals surface area contributed by atoms with Crippen molar-refractivity contribution in [1.82, 2.24) is 4.90 Å². The molecule has 29 heavy (non-hydrogen) atoms. The summed E-state index contributed by atoms with van der Waals surface area (Å²) in [5.41, 5.74) is 2.27. The Kier molecular flexibility index (Phi) is 5.81. The van der Waals surface area contributed by atoms with Gasteiger partial charge >= 0.3 is 5.97 Å². The highest BCUT2D eigenvalue weighted by Crippen LogP contribution is 2.33. The Balaban J connectivity index is 1.87. The largest absolute Gasteiger partial charge is 0.481 e. The van der Waals surface area contributed by atoms with Crippen molar-refractivity contribution in [1.29, 1.82) is 0 Å². The predicted molar refractivity (Wildman–Crippen MR) is 105 cm³/mol. The first-order chi connectivity index (χ1) is 13.8. The van der Waals surface area contributed by atoms with E-state index >= 15 is 0 Å². The summed E-state index contributed by atoms with van der Waals surface area (Å²) >= 11 is 0. The van der Waals surface area contributed by atoms with Gasteiger partial charge in [-0.2, -0.15) is 0 Å². The molecule has 3 rings (SSSR count). The van der Waals surface area contributed by atoms with Crippen molar-refractivity contribution in [2.75, 3.05) is 6.61 Å². The second-order valence-corrected chi connectivity index (χ2v) is 7.17. The first-order valence-corrected chi connectivity index (χ1v) is 9.27. The van der Waals surface area contributed by atoms with Crippen molar-refractivity contribution in [2.24, 2.45) is 0 Å². The van der Waals surface area contributed by atoms with Crippen LogP contribution >= 0.6 is 0 Å². The summed E-state index contributed by atoms with van der Waals surface area (Å²) in [5.74, 6) is -0.837. The number of aryl methyl sites for hydroxylation is 2. The van der Waals surface area contributed by atoms with E-state index in [0.29, 0.717) is 28.0 Å². The van der Waals surface area contributed by atoms with Crippen LogP contribution in [-0.4, -0.2) is 39.5 Å². The normalized spacial score (nSPS) is 13.0. The fourth-order valence-corrected chi connectivity index (χ4v) is 3.36. The van der Waals surface area contributed by atoms with Crippen LogP contribution in [0, 0.1) is 24.0 Å². The molecular weight excluding hydrogens is 376 g/mol. The molecule has 0 heterocycles. The van der Waals surface area contributed by atoms with Crippen molar-refractivity contribution in [3.8, 4) is 5.75 Å². The molecule has 0 bridgehead atoms. The number of nitro groups is 1. The predicted octanol–water partition coefficient (Wildman–Crippen LogP) is 3.48. The lowest BCUT2D eigenvalue weighted by Gasteiger charge is -2.23. The summed E-state index contributed by atoms with van der Waals surface area (Å²) in [6.45, 7) is 3.21. The zero-order chi connectivity index (χ0) is 21.1. The third kappa shape index (κ3) is 4.71. The number of amides is 1. The molecule has 0 saturated heterocycles. The number of benzene rings is 2. The average Bonchev–Trinajstić information content (AvgIpc) is 3.49. The number of para-hydroxylation sites is 1. The van der Waals surface area contributed by atoms with E-state index in [9.17, 15) is 19.7 Å². The summed E-state index contributed by atoms with van der Waals surface area (Å²) in [6.07, 6.45) is 1.73. The number of ether oxygens (including phenoxy) is 1. The minimum atomic E-state index is -1.08. The fourth-order valence-electron chi connectivity index (χ4n) is 3.36. The molecule has 2 aromatic rings. The number of carboxylic acids is 1. The maximum absolute atomic E-state index is 13.2. The van der Waals surface area contributed by atoms with E-state index in [1.807, 2.05) is 0 Å². The lowest BCUT2D eigenvalue weighted by atomic mass is 10.0. The molecule has 1 aliphatic carbocycles. The van der Waals surface area contributed by atoms with E-state index in [1.54, 1.807) is 49.1 Å². The number of hydrogen-bond donors (Lipinski definition) is 1. The monoisotopic (exact) mass is 398 g/mol. The highest BCUT2D eigenvalue weighted by atomic mass is 16.6. The molecule has 0 radical (unpaired) electrons. The molecule has 0 aromatic heterocycles. The van der Waals surface area contributed by atoms with Crippen LogP contribution in [0.5, 0.6) is 5.75 Å². The highest BCUT2D eigenvalue weighted by molar-refractivity contribution is 5.95. The second-order valence-electron chi connectivity index (χ2n) is 7.17. The number of nitrogens with zero attached hydrogens (tertiary/aromatic N) is 2. The third-order valence-electron chi connectivity index (χ3n) is 4.82. The Morgan fingerprint density at radius 3 is 2.38 bits per heavy atom. The zero-order valence-corrected chi connectivity index (χ0v) is 16.3. The number of carbonyl (C=O) groups excluding carboxylic acids is 1. The molecule has 1 saturated carbocycles. The van der Waals surface area contributed by atoms with Crippen molar-refractivity contribution in [3.05, 3.63) is 68.8 Å². The Labute approximate surface area is 167 Å². The molecule has 1 N–H and O–H groups in total. The number of rotatable bonds is 8. The van der Waals surface area contributed by atoms with Gasteiger partial charge in [-0.25, -0.2) is 4.79 Å². The van der Waals surface area contributed by atoms with Crippen molar-refractivity contribution in [3.63, 3.8) is 0 Å². The lowest BCUT2D eigenvalue weighted by molar-refractivity contribution is -0.385. The van der Waals surface area contributed by atoms with Gasteiger partial charge in [0.1, 0.15) is 5.75 Å². The van der Waals surface area contributed by atoms with Crippen LogP contribution < -0.4 is 4.74 Å². The fraction of sp³-hybridized carbons (Fsp3) is 0.333. The number of carboxylic acid groups (broad SMARTS) is 1. The van der Waals surface area contributed by atoms with E-state index in [-0.39, 0.29) is 24.2 Å². The standard InChI is InChI=1S/C21H22N2O6/c1-13-9-16(10-14(2)20(13)29-12-19(24)25)21(26)22(17-7-8-17)11-15-5-3-4-6-18(15)23(27)28/h3-6,9-10,17H,7-8,11-12H2,1-2H3,(H,24,25). The lowest BCUT2D eigenvalue weighted by Crippen LogP contribution is -2.33. The molecular formula is C21H22N2O6. The molecule has 0 aliphatic heterocycles. The van der Waals surface area contributed by atoms with Crippen molar-refractivity contribution < 1.29 is 24.4 Å². The van der Waals surface area contributed by atoms with Crippen LogP contribution in [-0.2, 0) is 11.3 Å². The Morgan fingerprint density at radius 2 is 1.83 bits per heavy atom. The Bertz CT molecular complexity index is 944. The minimum Gasteiger partial charge on any atom is -0.481 e. The molecule has 0 spiro atoms. The molecule has 0 atom stereocenters. The van der Waals surface area contributed by atoms with Gasteiger partial charge in [0.05, 0.1) is 11.5 Å². The minimum absolute atomic E-state index is 0.00395. The van der Waals surface area contributed by atoms with Crippen LogP contribution in [0.4, 0.5) is 5.69 Å². The van der Waals surface area contributed by atoms with Crippen LogP contribution in [0.2, 0.25) is 0 Å².